The molecule has 0 unspecified atom stereocenters. The Labute approximate surface area is 155 Å². The van der Waals surface area contributed by atoms with E-state index in [1.165, 1.54) is 0 Å². The number of hydrogen-bond donors (Lipinski definition) is 1. The average Bonchev–Trinajstić information content (AvgIpc) is 2.57. The Morgan fingerprint density at radius 3 is 2.62 bits per heavy atom. The number of hydrogen-bond acceptors (Lipinski definition) is 5. The van der Waals surface area contributed by atoms with Crippen LogP contribution in [0.25, 0.3) is 0 Å². The zero-order valence-corrected chi connectivity index (χ0v) is 15.0. The van der Waals surface area contributed by atoms with Gasteiger partial charge in [0.1, 0.15) is 6.61 Å². The lowest BCUT2D eigenvalue weighted by molar-refractivity contribution is -0.174. The first kappa shape index (κ1) is 20.9. The molecule has 0 aromatic carbocycles. The fraction of sp³-hybridized carbons (Fsp3) is 0.625. The van der Waals surface area contributed by atoms with Crippen molar-refractivity contribution in [1.29, 1.82) is 0 Å². The molecule has 1 N–H and O–H groups in total. The summed E-state index contributed by atoms with van der Waals surface area (Å²) in [5.74, 6) is -0.158. The molecule has 10 heteroatoms. The minimum atomic E-state index is -4.27. The Morgan fingerprint density at radius 2 is 1.96 bits per heavy atom. The summed E-state index contributed by atoms with van der Waals surface area (Å²) >= 11 is 5.91. The molecule has 1 aromatic rings. The Morgan fingerprint density at radius 1 is 1.27 bits per heavy atom. The third kappa shape index (κ3) is 7.86. The predicted molar refractivity (Wildman–Crippen MR) is 92.2 cm³/mol. The molecule has 0 bridgehead atoms. The van der Waals surface area contributed by atoms with E-state index in [9.17, 15) is 18.0 Å². The van der Waals surface area contributed by atoms with Crippen LogP contribution in [0.15, 0.2) is 18.3 Å². The lowest BCUT2D eigenvalue weighted by atomic mass is 10.3. The number of aromatic nitrogens is 1. The molecule has 0 radical (unpaired) electrons. The van der Waals surface area contributed by atoms with Crippen molar-refractivity contribution in [2.45, 2.75) is 12.6 Å². The first-order valence-electron chi connectivity index (χ1n) is 8.33. The van der Waals surface area contributed by atoms with Crippen molar-refractivity contribution in [2.24, 2.45) is 0 Å². The second kappa shape index (κ2) is 10.1. The highest BCUT2D eigenvalue weighted by Gasteiger charge is 2.27. The second-order valence-electron chi connectivity index (χ2n) is 6.03. The number of carbonyl (C=O) groups is 1. The van der Waals surface area contributed by atoms with Crippen molar-refractivity contribution in [3.8, 4) is 0 Å². The van der Waals surface area contributed by atoms with E-state index in [1.54, 1.807) is 18.3 Å². The van der Waals surface area contributed by atoms with E-state index >= 15 is 0 Å². The van der Waals surface area contributed by atoms with Crippen LogP contribution in [0, 0.1) is 0 Å². The molecule has 0 aliphatic carbocycles. The van der Waals surface area contributed by atoms with Crippen LogP contribution in [-0.4, -0.2) is 79.3 Å². The summed E-state index contributed by atoms with van der Waals surface area (Å²) in [7, 11) is 0. The maximum absolute atomic E-state index is 12.1. The summed E-state index contributed by atoms with van der Waals surface area (Å²) in [5.41, 5.74) is 0.483. The van der Waals surface area contributed by atoms with Crippen molar-refractivity contribution in [2.75, 3.05) is 57.8 Å². The number of ether oxygens (including phenoxy) is 1. The summed E-state index contributed by atoms with van der Waals surface area (Å²) in [5, 5.41) is 2.98. The number of piperazine rings is 1. The molecular weight excluding hydrogens is 373 g/mol. The zero-order chi connectivity index (χ0) is 19.0. The standard InChI is InChI=1S/C16H22ClF3N4O2/c17-15-13(3-1-4-21-15)22-14(25)11-24-8-6-23(7-9-24)5-2-10-26-12-16(18,19)20/h1,3-4H,2,5-12H2,(H,22,25). The Hall–Kier alpha value is -1.42. The molecule has 1 aliphatic rings. The van der Waals surface area contributed by atoms with Gasteiger partial charge in [0, 0.05) is 45.5 Å². The number of anilines is 1. The number of alkyl halides is 3. The highest BCUT2D eigenvalue weighted by molar-refractivity contribution is 6.32. The van der Waals surface area contributed by atoms with Crippen LogP contribution in [0.5, 0.6) is 0 Å². The van der Waals surface area contributed by atoms with Gasteiger partial charge in [0.15, 0.2) is 5.15 Å². The molecule has 2 heterocycles. The van der Waals surface area contributed by atoms with Crippen molar-refractivity contribution in [1.82, 2.24) is 14.8 Å². The molecule has 146 valence electrons. The van der Waals surface area contributed by atoms with Gasteiger partial charge in [-0.1, -0.05) is 11.6 Å². The van der Waals surface area contributed by atoms with Crippen LogP contribution in [0.1, 0.15) is 6.42 Å². The van der Waals surface area contributed by atoms with E-state index in [4.69, 9.17) is 11.6 Å². The van der Waals surface area contributed by atoms with Crippen LogP contribution < -0.4 is 5.32 Å². The molecule has 1 aromatic heterocycles. The van der Waals surface area contributed by atoms with Crippen LogP contribution in [0.3, 0.4) is 0 Å². The molecule has 1 fully saturated rings. The fourth-order valence-electron chi connectivity index (χ4n) is 2.62. The van der Waals surface area contributed by atoms with Gasteiger partial charge in [-0.25, -0.2) is 4.98 Å². The number of amides is 1. The van der Waals surface area contributed by atoms with Crippen LogP contribution in [0.2, 0.25) is 5.15 Å². The normalized spacial score (nSPS) is 16.6. The smallest absolute Gasteiger partial charge is 0.372 e. The number of nitrogens with one attached hydrogen (secondary N) is 1. The zero-order valence-electron chi connectivity index (χ0n) is 14.3. The van der Waals surface area contributed by atoms with Crippen LogP contribution in [0.4, 0.5) is 18.9 Å². The van der Waals surface area contributed by atoms with Crippen molar-refractivity contribution < 1.29 is 22.7 Å². The third-order valence-corrected chi connectivity index (χ3v) is 4.20. The molecule has 1 saturated heterocycles. The maximum atomic E-state index is 12.1. The number of pyridine rings is 1. The van der Waals surface area contributed by atoms with Crippen molar-refractivity contribution >= 4 is 23.2 Å². The highest BCUT2D eigenvalue weighted by Crippen LogP contribution is 2.17. The van der Waals surface area contributed by atoms with Crippen LogP contribution >= 0.6 is 11.6 Å². The van der Waals surface area contributed by atoms with E-state index in [1.807, 2.05) is 4.90 Å². The maximum Gasteiger partial charge on any atom is 0.411 e. The van der Waals surface area contributed by atoms with Gasteiger partial charge in [0.25, 0.3) is 0 Å². The quantitative estimate of drug-likeness (QED) is 0.541. The van der Waals surface area contributed by atoms with Gasteiger partial charge in [-0.15, -0.1) is 0 Å². The van der Waals surface area contributed by atoms with Gasteiger partial charge in [-0.05, 0) is 18.6 Å². The molecule has 0 atom stereocenters. The Bertz CT molecular complexity index is 581. The average molecular weight is 395 g/mol. The SMILES string of the molecule is O=C(CN1CCN(CCCOCC(F)(F)F)CC1)Nc1cccnc1Cl. The van der Waals surface area contributed by atoms with E-state index in [0.717, 1.165) is 26.2 Å². The summed E-state index contributed by atoms with van der Waals surface area (Å²) < 4.78 is 40.5. The monoisotopic (exact) mass is 394 g/mol. The lowest BCUT2D eigenvalue weighted by Crippen LogP contribution is -2.48. The Balaban J connectivity index is 1.59. The van der Waals surface area contributed by atoms with Crippen molar-refractivity contribution in [3.63, 3.8) is 0 Å². The summed E-state index contributed by atoms with van der Waals surface area (Å²) in [6.45, 7) is 2.80. The Kier molecular flexibility index (Phi) is 8.08. The number of halogens is 4. The topological polar surface area (TPSA) is 57.7 Å². The summed E-state index contributed by atoms with van der Waals surface area (Å²) in [4.78, 5) is 20.2. The van der Waals surface area contributed by atoms with Crippen LogP contribution in [-0.2, 0) is 9.53 Å². The molecular formula is C16H22ClF3N4O2. The van der Waals surface area contributed by atoms with Gasteiger partial charge in [0.2, 0.25) is 5.91 Å². The third-order valence-electron chi connectivity index (χ3n) is 3.89. The fourth-order valence-corrected chi connectivity index (χ4v) is 2.79. The predicted octanol–water partition coefficient (Wildman–Crippen LogP) is 2.26. The van der Waals surface area contributed by atoms with Gasteiger partial charge in [-0.2, -0.15) is 13.2 Å². The van der Waals surface area contributed by atoms with E-state index < -0.39 is 12.8 Å². The molecule has 0 saturated carbocycles. The van der Waals surface area contributed by atoms with Gasteiger partial charge < -0.3 is 15.0 Å². The van der Waals surface area contributed by atoms with E-state index in [0.29, 0.717) is 18.7 Å². The second-order valence-corrected chi connectivity index (χ2v) is 6.39. The number of nitrogens with zero attached hydrogens (tertiary/aromatic N) is 3. The van der Waals surface area contributed by atoms with Gasteiger partial charge >= 0.3 is 6.18 Å². The largest absolute Gasteiger partial charge is 0.411 e. The van der Waals surface area contributed by atoms with Crippen molar-refractivity contribution in [3.05, 3.63) is 23.5 Å². The first-order valence-corrected chi connectivity index (χ1v) is 8.71. The number of rotatable bonds is 8. The molecule has 26 heavy (non-hydrogen) atoms. The molecule has 1 aliphatic heterocycles. The van der Waals surface area contributed by atoms with E-state index in [-0.39, 0.29) is 24.2 Å². The van der Waals surface area contributed by atoms with E-state index in [2.05, 4.69) is 19.9 Å². The molecule has 2 rings (SSSR count). The lowest BCUT2D eigenvalue weighted by Gasteiger charge is -2.34. The van der Waals surface area contributed by atoms with Gasteiger partial charge in [-0.3, -0.25) is 9.69 Å². The molecule has 6 nitrogen and oxygen atoms in total. The minimum Gasteiger partial charge on any atom is -0.372 e. The molecule has 0 spiro atoms. The highest BCUT2D eigenvalue weighted by atomic mass is 35.5. The summed E-state index contributed by atoms with van der Waals surface area (Å²) in [6.07, 6.45) is -2.17. The number of carbonyl (C=O) groups excluding carboxylic acids is 1. The first-order chi connectivity index (χ1) is 12.3. The minimum absolute atomic E-state index is 0.0913. The molecule has 1 amide bonds. The summed E-state index contributed by atoms with van der Waals surface area (Å²) in [6, 6.07) is 3.38. The van der Waals surface area contributed by atoms with Gasteiger partial charge in [0.05, 0.1) is 12.2 Å².